The summed E-state index contributed by atoms with van der Waals surface area (Å²) in [5.41, 5.74) is 0. The maximum Gasteiger partial charge on any atom is 0.0829 e. The third kappa shape index (κ3) is 3.67. The molecule has 4 heteroatoms. The summed E-state index contributed by atoms with van der Waals surface area (Å²) in [5.74, 6) is 0. The van der Waals surface area contributed by atoms with Crippen molar-refractivity contribution in [3.8, 4) is 0 Å². The summed E-state index contributed by atoms with van der Waals surface area (Å²) in [6.07, 6.45) is 4.24. The van der Waals surface area contributed by atoms with Gasteiger partial charge in [0, 0.05) is 38.3 Å². The molecule has 4 nitrogen and oxygen atoms in total. The molecule has 1 atom stereocenters. The largest absolute Gasteiger partial charge is 0.395 e. The van der Waals surface area contributed by atoms with Crippen molar-refractivity contribution in [3.05, 3.63) is 0 Å². The first kappa shape index (κ1) is 14.3. The van der Waals surface area contributed by atoms with Crippen LogP contribution in [-0.2, 0) is 4.74 Å². The highest BCUT2D eigenvalue weighted by Crippen LogP contribution is 2.25. The van der Waals surface area contributed by atoms with Gasteiger partial charge in [-0.1, -0.05) is 6.42 Å². The third-order valence-electron chi connectivity index (χ3n) is 4.32. The van der Waals surface area contributed by atoms with Crippen molar-refractivity contribution in [2.24, 2.45) is 0 Å². The molecule has 2 rings (SSSR count). The molecule has 1 saturated carbocycles. The van der Waals surface area contributed by atoms with Crippen molar-refractivity contribution in [2.75, 3.05) is 39.4 Å². The van der Waals surface area contributed by atoms with Crippen LogP contribution in [0, 0.1) is 0 Å². The zero-order valence-corrected chi connectivity index (χ0v) is 11.8. The molecule has 0 amide bonds. The monoisotopic (exact) mass is 256 g/mol. The van der Waals surface area contributed by atoms with E-state index in [0.717, 1.165) is 32.8 Å². The zero-order valence-electron chi connectivity index (χ0n) is 11.8. The summed E-state index contributed by atoms with van der Waals surface area (Å²) >= 11 is 0. The minimum absolute atomic E-state index is 0.261. The molecular formula is C14H28N2O2. The molecule has 1 unspecified atom stereocenters. The standard InChI is InChI=1S/C14H28N2O2/c1-12(2)15-7-9-18-14(10-15)11-16(6-8-17)13-4-3-5-13/h12-14,17H,3-11H2,1-2H3. The normalized spacial score (nSPS) is 26.8. The first-order chi connectivity index (χ1) is 8.70. The van der Waals surface area contributed by atoms with Gasteiger partial charge in [-0.15, -0.1) is 0 Å². The van der Waals surface area contributed by atoms with E-state index < -0.39 is 0 Å². The van der Waals surface area contributed by atoms with Gasteiger partial charge in [0.25, 0.3) is 0 Å². The predicted octanol–water partition coefficient (Wildman–Crippen LogP) is 0.942. The number of rotatable bonds is 6. The molecule has 1 aliphatic carbocycles. The van der Waals surface area contributed by atoms with E-state index in [2.05, 4.69) is 23.6 Å². The molecular weight excluding hydrogens is 228 g/mol. The second-order valence-electron chi connectivity index (χ2n) is 5.88. The van der Waals surface area contributed by atoms with Gasteiger partial charge in [0.2, 0.25) is 0 Å². The Labute approximate surface area is 111 Å². The Balaban J connectivity index is 1.81. The highest BCUT2D eigenvalue weighted by molar-refractivity contribution is 4.84. The van der Waals surface area contributed by atoms with Crippen LogP contribution in [0.1, 0.15) is 33.1 Å². The molecule has 0 aromatic rings. The SMILES string of the molecule is CC(C)N1CCOC(CN(CCO)C2CCC2)C1. The summed E-state index contributed by atoms with van der Waals surface area (Å²) < 4.78 is 5.89. The van der Waals surface area contributed by atoms with Crippen LogP contribution >= 0.6 is 0 Å². The van der Waals surface area contributed by atoms with E-state index in [1.807, 2.05) is 0 Å². The lowest BCUT2D eigenvalue weighted by molar-refractivity contribution is -0.0629. The summed E-state index contributed by atoms with van der Waals surface area (Å²) in [6.45, 7) is 9.47. The molecule has 0 aromatic carbocycles. The molecule has 0 aromatic heterocycles. The van der Waals surface area contributed by atoms with Crippen LogP contribution in [0.5, 0.6) is 0 Å². The fraction of sp³-hybridized carbons (Fsp3) is 1.00. The van der Waals surface area contributed by atoms with Crippen molar-refractivity contribution < 1.29 is 9.84 Å². The highest BCUT2D eigenvalue weighted by atomic mass is 16.5. The number of nitrogens with zero attached hydrogens (tertiary/aromatic N) is 2. The Hall–Kier alpha value is -0.160. The van der Waals surface area contributed by atoms with Gasteiger partial charge in [-0.3, -0.25) is 9.80 Å². The van der Waals surface area contributed by atoms with Gasteiger partial charge >= 0.3 is 0 Å². The van der Waals surface area contributed by atoms with E-state index in [4.69, 9.17) is 4.74 Å². The number of ether oxygens (including phenoxy) is 1. The Kier molecular flexibility index (Phi) is 5.42. The topological polar surface area (TPSA) is 35.9 Å². The number of hydrogen-bond acceptors (Lipinski definition) is 4. The predicted molar refractivity (Wildman–Crippen MR) is 72.7 cm³/mol. The maximum atomic E-state index is 9.18. The van der Waals surface area contributed by atoms with Gasteiger partial charge in [0.1, 0.15) is 0 Å². The van der Waals surface area contributed by atoms with Crippen molar-refractivity contribution >= 4 is 0 Å². The van der Waals surface area contributed by atoms with E-state index >= 15 is 0 Å². The molecule has 1 saturated heterocycles. The van der Waals surface area contributed by atoms with Crippen molar-refractivity contribution in [3.63, 3.8) is 0 Å². The molecule has 0 bridgehead atoms. The van der Waals surface area contributed by atoms with Crippen LogP contribution in [0.15, 0.2) is 0 Å². The van der Waals surface area contributed by atoms with Crippen LogP contribution < -0.4 is 0 Å². The molecule has 1 N–H and O–H groups in total. The van der Waals surface area contributed by atoms with E-state index in [1.165, 1.54) is 19.3 Å². The molecule has 2 aliphatic rings. The second-order valence-corrected chi connectivity index (χ2v) is 5.88. The minimum atomic E-state index is 0.261. The van der Waals surface area contributed by atoms with E-state index in [-0.39, 0.29) is 6.61 Å². The Bertz CT molecular complexity index is 244. The van der Waals surface area contributed by atoms with Crippen molar-refractivity contribution in [1.29, 1.82) is 0 Å². The van der Waals surface area contributed by atoms with Crippen molar-refractivity contribution in [2.45, 2.75) is 51.3 Å². The first-order valence-electron chi connectivity index (χ1n) is 7.41. The molecule has 18 heavy (non-hydrogen) atoms. The van der Waals surface area contributed by atoms with Gasteiger partial charge in [-0.2, -0.15) is 0 Å². The van der Waals surface area contributed by atoms with Crippen LogP contribution in [0.25, 0.3) is 0 Å². The molecule has 0 spiro atoms. The van der Waals surface area contributed by atoms with Crippen molar-refractivity contribution in [1.82, 2.24) is 9.80 Å². The first-order valence-corrected chi connectivity index (χ1v) is 7.41. The summed E-state index contributed by atoms with van der Waals surface area (Å²) in [5, 5.41) is 9.18. The van der Waals surface area contributed by atoms with Gasteiger partial charge in [-0.25, -0.2) is 0 Å². The van der Waals surface area contributed by atoms with Crippen LogP contribution in [-0.4, -0.2) is 72.5 Å². The number of hydrogen-bond donors (Lipinski definition) is 1. The lowest BCUT2D eigenvalue weighted by Gasteiger charge is -2.42. The van der Waals surface area contributed by atoms with E-state index in [9.17, 15) is 5.11 Å². The van der Waals surface area contributed by atoms with Gasteiger partial charge < -0.3 is 9.84 Å². The van der Waals surface area contributed by atoms with Gasteiger partial charge in [-0.05, 0) is 26.7 Å². The molecule has 1 aliphatic heterocycles. The Morgan fingerprint density at radius 2 is 2.17 bits per heavy atom. The minimum Gasteiger partial charge on any atom is -0.395 e. The van der Waals surface area contributed by atoms with Gasteiger partial charge in [0.05, 0.1) is 19.3 Å². The molecule has 106 valence electrons. The smallest absolute Gasteiger partial charge is 0.0829 e. The lowest BCUT2D eigenvalue weighted by Crippen LogP contribution is -2.52. The van der Waals surface area contributed by atoms with Gasteiger partial charge in [0.15, 0.2) is 0 Å². The number of aliphatic hydroxyl groups is 1. The highest BCUT2D eigenvalue weighted by Gasteiger charge is 2.29. The fourth-order valence-electron chi connectivity index (χ4n) is 2.89. The molecule has 2 fully saturated rings. The zero-order chi connectivity index (χ0) is 13.0. The number of aliphatic hydroxyl groups excluding tert-OH is 1. The Morgan fingerprint density at radius 3 is 2.72 bits per heavy atom. The summed E-state index contributed by atoms with van der Waals surface area (Å²) in [7, 11) is 0. The molecule has 1 heterocycles. The van der Waals surface area contributed by atoms with E-state index in [1.54, 1.807) is 0 Å². The van der Waals surface area contributed by atoms with Crippen LogP contribution in [0.2, 0.25) is 0 Å². The quantitative estimate of drug-likeness (QED) is 0.767. The number of morpholine rings is 1. The summed E-state index contributed by atoms with van der Waals surface area (Å²) in [4.78, 5) is 4.92. The lowest BCUT2D eigenvalue weighted by atomic mass is 9.91. The van der Waals surface area contributed by atoms with Crippen LogP contribution in [0.3, 0.4) is 0 Å². The average Bonchev–Trinajstić information content (AvgIpc) is 2.27. The second kappa shape index (κ2) is 6.85. The third-order valence-corrected chi connectivity index (χ3v) is 4.32. The Morgan fingerprint density at radius 1 is 1.39 bits per heavy atom. The summed E-state index contributed by atoms with van der Waals surface area (Å²) in [6, 6.07) is 1.29. The maximum absolute atomic E-state index is 9.18. The molecule has 0 radical (unpaired) electrons. The van der Waals surface area contributed by atoms with Crippen LogP contribution in [0.4, 0.5) is 0 Å². The average molecular weight is 256 g/mol. The van der Waals surface area contributed by atoms with E-state index in [0.29, 0.717) is 18.2 Å². The fourth-order valence-corrected chi connectivity index (χ4v) is 2.89.